The number of thioether (sulfide) groups is 1. The van der Waals surface area contributed by atoms with E-state index < -0.39 is 0 Å². The van der Waals surface area contributed by atoms with Crippen LogP contribution in [0.2, 0.25) is 5.02 Å². The molecule has 0 aliphatic carbocycles. The van der Waals surface area contributed by atoms with Crippen LogP contribution in [-0.4, -0.2) is 38.1 Å². The number of carbonyl (C=O) groups is 1. The fraction of sp³-hybridized carbons (Fsp3) is 0.143. The molecule has 7 nitrogen and oxygen atoms in total. The molecule has 152 valence electrons. The summed E-state index contributed by atoms with van der Waals surface area (Å²) in [6.07, 6.45) is 0. The summed E-state index contributed by atoms with van der Waals surface area (Å²) >= 11 is 7.13. The van der Waals surface area contributed by atoms with Crippen molar-refractivity contribution < 1.29 is 9.53 Å². The number of halogens is 1. The Bertz CT molecular complexity index is 1160. The van der Waals surface area contributed by atoms with Gasteiger partial charge in [-0.05, 0) is 67.6 Å². The maximum absolute atomic E-state index is 12.2. The highest BCUT2D eigenvalue weighted by molar-refractivity contribution is 7.99. The van der Waals surface area contributed by atoms with E-state index in [9.17, 15) is 4.79 Å². The van der Waals surface area contributed by atoms with Crippen molar-refractivity contribution in [2.45, 2.75) is 12.1 Å². The third-order valence-electron chi connectivity index (χ3n) is 4.16. The van der Waals surface area contributed by atoms with Crippen LogP contribution in [0.5, 0.6) is 5.75 Å². The molecule has 2 heterocycles. The summed E-state index contributed by atoms with van der Waals surface area (Å²) in [5, 5.41) is 16.9. The van der Waals surface area contributed by atoms with Gasteiger partial charge in [-0.2, -0.15) is 9.61 Å². The van der Waals surface area contributed by atoms with Crippen molar-refractivity contribution in [2.75, 3.05) is 17.7 Å². The molecule has 0 bridgehead atoms. The second-order valence-corrected chi connectivity index (χ2v) is 7.65. The van der Waals surface area contributed by atoms with Crippen LogP contribution in [0.15, 0.2) is 65.8 Å². The smallest absolute Gasteiger partial charge is 0.234 e. The number of nitrogens with one attached hydrogen (secondary N) is 1. The van der Waals surface area contributed by atoms with Crippen LogP contribution < -0.4 is 10.1 Å². The summed E-state index contributed by atoms with van der Waals surface area (Å²) in [5.74, 6) is 0.842. The molecule has 0 radical (unpaired) electrons. The zero-order valence-corrected chi connectivity index (χ0v) is 17.7. The molecule has 2 aromatic carbocycles. The van der Waals surface area contributed by atoms with Gasteiger partial charge in [0.05, 0.1) is 18.1 Å². The van der Waals surface area contributed by atoms with Crippen molar-refractivity contribution in [1.82, 2.24) is 19.8 Å². The molecular formula is C21H18ClN5O2S. The minimum atomic E-state index is -0.151. The lowest BCUT2D eigenvalue weighted by Crippen LogP contribution is -2.14. The van der Waals surface area contributed by atoms with Crippen LogP contribution in [0.4, 0.5) is 5.69 Å². The molecule has 0 aliphatic rings. The molecule has 30 heavy (non-hydrogen) atoms. The highest BCUT2D eigenvalue weighted by Crippen LogP contribution is 2.23. The molecule has 0 saturated carbocycles. The number of rotatable bonds is 7. The minimum absolute atomic E-state index is 0.151. The van der Waals surface area contributed by atoms with Crippen molar-refractivity contribution in [1.29, 1.82) is 0 Å². The second-order valence-electron chi connectivity index (χ2n) is 6.27. The number of fused-ring (bicyclic) bond motifs is 1. The van der Waals surface area contributed by atoms with Crippen molar-refractivity contribution in [3.05, 3.63) is 65.7 Å². The Hall–Kier alpha value is -3.10. The number of benzene rings is 2. The highest BCUT2D eigenvalue weighted by atomic mass is 35.5. The number of aromatic nitrogens is 4. The highest BCUT2D eigenvalue weighted by Gasteiger charge is 2.12. The van der Waals surface area contributed by atoms with Crippen LogP contribution in [-0.2, 0) is 4.79 Å². The number of ether oxygens (including phenoxy) is 1. The molecule has 9 heteroatoms. The molecule has 4 aromatic rings. The van der Waals surface area contributed by atoms with E-state index in [0.717, 1.165) is 17.0 Å². The Kier molecular flexibility index (Phi) is 6.15. The SMILES string of the molecule is CCOc1ccc(-c2ccc3nnc(SCC(=O)Nc4ccc(Cl)cc4)n3n2)cc1. The van der Waals surface area contributed by atoms with Crippen molar-refractivity contribution in [3.63, 3.8) is 0 Å². The Balaban J connectivity index is 1.47. The Morgan fingerprint density at radius 2 is 1.83 bits per heavy atom. The number of amides is 1. The quantitative estimate of drug-likeness (QED) is 0.425. The number of nitrogens with zero attached hydrogens (tertiary/aromatic N) is 4. The van der Waals surface area contributed by atoms with Crippen LogP contribution in [0, 0.1) is 0 Å². The third-order valence-corrected chi connectivity index (χ3v) is 5.33. The molecule has 0 saturated heterocycles. The fourth-order valence-corrected chi connectivity index (χ4v) is 3.58. The summed E-state index contributed by atoms with van der Waals surface area (Å²) in [7, 11) is 0. The first-order valence-corrected chi connectivity index (χ1v) is 10.6. The zero-order chi connectivity index (χ0) is 20.9. The molecule has 2 aromatic heterocycles. The lowest BCUT2D eigenvalue weighted by molar-refractivity contribution is -0.113. The number of anilines is 1. The zero-order valence-electron chi connectivity index (χ0n) is 16.1. The van der Waals surface area contributed by atoms with Gasteiger partial charge in [0.15, 0.2) is 5.65 Å². The minimum Gasteiger partial charge on any atom is -0.494 e. The lowest BCUT2D eigenvalue weighted by Gasteiger charge is -2.06. The molecule has 0 aliphatic heterocycles. The van der Waals surface area contributed by atoms with Gasteiger partial charge in [0.25, 0.3) is 0 Å². The maximum Gasteiger partial charge on any atom is 0.234 e. The topological polar surface area (TPSA) is 81.4 Å². The molecule has 1 N–H and O–H groups in total. The van der Waals surface area contributed by atoms with Crippen LogP contribution in [0.1, 0.15) is 6.92 Å². The number of carbonyl (C=O) groups excluding carboxylic acids is 1. The molecule has 1 amide bonds. The normalized spacial score (nSPS) is 10.9. The molecular weight excluding hydrogens is 422 g/mol. The fourth-order valence-electron chi connectivity index (χ4n) is 2.76. The summed E-state index contributed by atoms with van der Waals surface area (Å²) in [6.45, 7) is 2.57. The number of hydrogen-bond donors (Lipinski definition) is 1. The Morgan fingerprint density at radius 3 is 2.57 bits per heavy atom. The molecule has 0 fully saturated rings. The predicted octanol–water partition coefficient (Wildman–Crippen LogP) is 4.57. The first-order chi connectivity index (χ1) is 14.6. The van der Waals surface area contributed by atoms with Gasteiger partial charge in [0, 0.05) is 16.3 Å². The predicted molar refractivity (Wildman–Crippen MR) is 118 cm³/mol. The largest absolute Gasteiger partial charge is 0.494 e. The Morgan fingerprint density at radius 1 is 1.07 bits per heavy atom. The van der Waals surface area contributed by atoms with E-state index >= 15 is 0 Å². The van der Waals surface area contributed by atoms with E-state index in [1.165, 1.54) is 11.8 Å². The first kappa shape index (κ1) is 20.2. The molecule has 0 spiro atoms. The van der Waals surface area contributed by atoms with Gasteiger partial charge >= 0.3 is 0 Å². The monoisotopic (exact) mass is 439 g/mol. The average molecular weight is 440 g/mol. The molecule has 4 rings (SSSR count). The molecule has 0 atom stereocenters. The Labute approximate surface area is 182 Å². The van der Waals surface area contributed by atoms with Gasteiger partial charge in [0.1, 0.15) is 5.75 Å². The van der Waals surface area contributed by atoms with Crippen LogP contribution in [0.3, 0.4) is 0 Å². The standard InChI is InChI=1S/C21H18ClN5O2S/c1-2-29-17-9-3-14(4-10-17)18-11-12-19-24-25-21(27(19)26-18)30-13-20(28)23-16-7-5-15(22)6-8-16/h3-12H,2,13H2,1H3,(H,23,28). The average Bonchev–Trinajstić information content (AvgIpc) is 3.17. The summed E-state index contributed by atoms with van der Waals surface area (Å²) in [4.78, 5) is 12.2. The van der Waals surface area contributed by atoms with Crippen molar-refractivity contribution in [3.8, 4) is 17.0 Å². The van der Waals surface area contributed by atoms with Crippen LogP contribution in [0.25, 0.3) is 16.9 Å². The molecule has 0 unspecified atom stereocenters. The summed E-state index contributed by atoms with van der Waals surface area (Å²) in [5.41, 5.74) is 3.03. The maximum atomic E-state index is 12.2. The summed E-state index contributed by atoms with van der Waals surface area (Å²) in [6, 6.07) is 18.4. The van der Waals surface area contributed by atoms with E-state index in [4.69, 9.17) is 16.3 Å². The lowest BCUT2D eigenvalue weighted by atomic mass is 10.1. The first-order valence-electron chi connectivity index (χ1n) is 9.26. The van der Waals surface area contributed by atoms with E-state index in [0.29, 0.717) is 28.1 Å². The van der Waals surface area contributed by atoms with E-state index in [1.54, 1.807) is 28.8 Å². The van der Waals surface area contributed by atoms with E-state index in [-0.39, 0.29) is 11.7 Å². The van der Waals surface area contributed by atoms with Gasteiger partial charge in [-0.1, -0.05) is 23.4 Å². The van der Waals surface area contributed by atoms with E-state index in [1.807, 2.05) is 43.3 Å². The van der Waals surface area contributed by atoms with Gasteiger partial charge < -0.3 is 10.1 Å². The van der Waals surface area contributed by atoms with Gasteiger partial charge in [0.2, 0.25) is 11.1 Å². The second kappa shape index (κ2) is 9.15. The van der Waals surface area contributed by atoms with Gasteiger partial charge in [-0.3, -0.25) is 4.79 Å². The van der Waals surface area contributed by atoms with Gasteiger partial charge in [-0.15, -0.1) is 10.2 Å². The summed E-state index contributed by atoms with van der Waals surface area (Å²) < 4.78 is 7.13. The third kappa shape index (κ3) is 4.72. The van der Waals surface area contributed by atoms with Gasteiger partial charge in [-0.25, -0.2) is 0 Å². The van der Waals surface area contributed by atoms with Crippen molar-refractivity contribution >= 4 is 40.6 Å². The van der Waals surface area contributed by atoms with Crippen molar-refractivity contribution in [2.24, 2.45) is 0 Å². The van der Waals surface area contributed by atoms with E-state index in [2.05, 4.69) is 20.6 Å². The van der Waals surface area contributed by atoms with Crippen LogP contribution >= 0.6 is 23.4 Å². The number of hydrogen-bond acceptors (Lipinski definition) is 6.